The van der Waals surface area contributed by atoms with Crippen LogP contribution in [-0.4, -0.2) is 50.2 Å². The van der Waals surface area contributed by atoms with Gasteiger partial charge in [-0.1, -0.05) is 19.3 Å². The molecule has 0 aromatic heterocycles. The number of amides is 1. The van der Waals surface area contributed by atoms with Gasteiger partial charge in [-0.05, 0) is 44.8 Å². The van der Waals surface area contributed by atoms with Crippen molar-refractivity contribution in [3.63, 3.8) is 0 Å². The number of nitrogens with zero attached hydrogens (tertiary/aromatic N) is 1. The van der Waals surface area contributed by atoms with Crippen molar-refractivity contribution in [2.24, 2.45) is 11.1 Å². The molecule has 4 nitrogen and oxygen atoms in total. The summed E-state index contributed by atoms with van der Waals surface area (Å²) < 4.78 is 36.5. The van der Waals surface area contributed by atoms with Gasteiger partial charge in [-0.25, -0.2) is 0 Å². The summed E-state index contributed by atoms with van der Waals surface area (Å²) in [6.45, 7) is 0.315. The zero-order valence-corrected chi connectivity index (χ0v) is 15.8. The largest absolute Gasteiger partial charge is 0.401 e. The van der Waals surface area contributed by atoms with E-state index in [1.165, 1.54) is 18.4 Å². The molecule has 24 heavy (non-hydrogen) atoms. The number of carbonyl (C=O) groups is 1. The molecule has 0 bridgehead atoms. The van der Waals surface area contributed by atoms with Crippen molar-refractivity contribution in [3.05, 3.63) is 0 Å². The molecule has 1 aliphatic carbocycles. The Morgan fingerprint density at radius 3 is 2.29 bits per heavy atom. The molecule has 3 N–H and O–H groups in total. The minimum absolute atomic E-state index is 0. The zero-order chi connectivity index (χ0) is 16.6. The predicted octanol–water partition coefficient (Wildman–Crippen LogP) is 3.13. The molecule has 0 heterocycles. The van der Waals surface area contributed by atoms with Gasteiger partial charge in [-0.15, -0.1) is 24.8 Å². The monoisotopic (exact) mass is 395 g/mol. The summed E-state index contributed by atoms with van der Waals surface area (Å²) in [5, 5.41) is 2.80. The van der Waals surface area contributed by atoms with Gasteiger partial charge < -0.3 is 11.1 Å². The number of hydrogen-bond donors (Lipinski definition) is 2. The minimum atomic E-state index is -4.17. The molecule has 0 spiro atoms. The van der Waals surface area contributed by atoms with E-state index in [4.69, 9.17) is 5.73 Å². The van der Waals surface area contributed by atoms with Gasteiger partial charge in [0.05, 0.1) is 6.54 Å². The van der Waals surface area contributed by atoms with Crippen LogP contribution in [0, 0.1) is 5.41 Å². The standard InChI is InChI=1S/C15H28F3N3O.2ClH/c1-21(12-15(16,17)18)9-5-8-20-13(22)10-14(11-19)6-3-2-4-7-14;;/h2-12,19H2,1H3,(H,20,22);2*1H. The van der Waals surface area contributed by atoms with Gasteiger partial charge in [-0.3, -0.25) is 9.69 Å². The third-order valence-electron chi connectivity index (χ3n) is 4.37. The van der Waals surface area contributed by atoms with Gasteiger partial charge in [-0.2, -0.15) is 13.2 Å². The van der Waals surface area contributed by atoms with Gasteiger partial charge in [0, 0.05) is 13.0 Å². The second-order valence-corrected chi connectivity index (χ2v) is 6.50. The molecular formula is C15H30Cl2F3N3O. The topological polar surface area (TPSA) is 58.4 Å². The molecule has 1 aliphatic rings. The number of halogens is 5. The van der Waals surface area contributed by atoms with Gasteiger partial charge in [0.25, 0.3) is 0 Å². The second kappa shape index (κ2) is 12.2. The summed E-state index contributed by atoms with van der Waals surface area (Å²) in [6, 6.07) is 0. The minimum Gasteiger partial charge on any atom is -0.356 e. The number of hydrogen-bond acceptors (Lipinski definition) is 3. The maximum atomic E-state index is 12.2. The van der Waals surface area contributed by atoms with Gasteiger partial charge in [0.15, 0.2) is 0 Å². The van der Waals surface area contributed by atoms with E-state index in [0.29, 0.717) is 32.5 Å². The van der Waals surface area contributed by atoms with Crippen molar-refractivity contribution >= 4 is 30.7 Å². The molecule has 0 aromatic carbocycles. The number of carbonyl (C=O) groups excluding carboxylic acids is 1. The maximum Gasteiger partial charge on any atom is 0.401 e. The van der Waals surface area contributed by atoms with E-state index in [1.54, 1.807) is 0 Å². The van der Waals surface area contributed by atoms with Crippen molar-refractivity contribution in [3.8, 4) is 0 Å². The Hall–Kier alpha value is -0.240. The lowest BCUT2D eigenvalue weighted by Crippen LogP contribution is -2.39. The SMILES string of the molecule is CN(CCCNC(=O)CC1(CN)CCCCC1)CC(F)(F)F.Cl.Cl. The Morgan fingerprint density at radius 2 is 1.79 bits per heavy atom. The van der Waals surface area contributed by atoms with E-state index in [2.05, 4.69) is 5.32 Å². The Labute approximate surface area is 154 Å². The second-order valence-electron chi connectivity index (χ2n) is 6.50. The first kappa shape index (κ1) is 26.0. The fraction of sp³-hybridized carbons (Fsp3) is 0.933. The summed E-state index contributed by atoms with van der Waals surface area (Å²) in [5.74, 6) is -0.0363. The van der Waals surface area contributed by atoms with E-state index >= 15 is 0 Å². The van der Waals surface area contributed by atoms with Crippen LogP contribution < -0.4 is 11.1 Å². The molecule has 0 aromatic rings. The smallest absolute Gasteiger partial charge is 0.356 e. The van der Waals surface area contributed by atoms with Crippen LogP contribution in [0.4, 0.5) is 13.2 Å². The van der Waals surface area contributed by atoms with E-state index in [9.17, 15) is 18.0 Å². The average Bonchev–Trinajstić information content (AvgIpc) is 2.43. The van der Waals surface area contributed by atoms with E-state index in [0.717, 1.165) is 25.7 Å². The lowest BCUT2D eigenvalue weighted by atomic mass is 9.71. The van der Waals surface area contributed by atoms with E-state index in [-0.39, 0.29) is 36.1 Å². The van der Waals surface area contributed by atoms with Crippen molar-refractivity contribution < 1.29 is 18.0 Å². The zero-order valence-electron chi connectivity index (χ0n) is 14.2. The van der Waals surface area contributed by atoms with Crippen LogP contribution in [-0.2, 0) is 4.79 Å². The van der Waals surface area contributed by atoms with Gasteiger partial charge >= 0.3 is 6.18 Å². The third kappa shape index (κ3) is 10.6. The average molecular weight is 396 g/mol. The first-order chi connectivity index (χ1) is 10.3. The van der Waals surface area contributed by atoms with E-state index < -0.39 is 12.7 Å². The Bertz CT molecular complexity index is 351. The molecule has 1 fully saturated rings. The molecule has 0 aliphatic heterocycles. The van der Waals surface area contributed by atoms with Crippen molar-refractivity contribution in [2.75, 3.05) is 33.2 Å². The van der Waals surface area contributed by atoms with Gasteiger partial charge in [0.2, 0.25) is 5.91 Å². The van der Waals surface area contributed by atoms with Crippen molar-refractivity contribution in [1.29, 1.82) is 0 Å². The van der Waals surface area contributed by atoms with Crippen LogP contribution in [0.2, 0.25) is 0 Å². The molecule has 0 radical (unpaired) electrons. The highest BCUT2D eigenvalue weighted by molar-refractivity contribution is 5.85. The first-order valence-electron chi connectivity index (χ1n) is 7.98. The number of rotatable bonds is 8. The molecule has 0 unspecified atom stereocenters. The highest BCUT2D eigenvalue weighted by Gasteiger charge is 2.33. The molecule has 1 amide bonds. The summed E-state index contributed by atoms with van der Waals surface area (Å²) >= 11 is 0. The Balaban J connectivity index is 0. The molecule has 146 valence electrons. The highest BCUT2D eigenvalue weighted by atomic mass is 35.5. The number of nitrogens with two attached hydrogens (primary N) is 1. The molecular weight excluding hydrogens is 366 g/mol. The fourth-order valence-corrected chi connectivity index (χ4v) is 3.12. The Kier molecular flexibility index (Phi) is 13.2. The van der Waals surface area contributed by atoms with Crippen LogP contribution in [0.25, 0.3) is 0 Å². The molecule has 0 saturated heterocycles. The quantitative estimate of drug-likeness (QED) is 0.620. The van der Waals surface area contributed by atoms with E-state index in [1.807, 2.05) is 0 Å². The summed E-state index contributed by atoms with van der Waals surface area (Å²) in [5.41, 5.74) is 5.77. The molecule has 9 heteroatoms. The molecule has 0 atom stereocenters. The molecule has 1 saturated carbocycles. The predicted molar refractivity (Wildman–Crippen MR) is 94.9 cm³/mol. The summed E-state index contributed by atoms with van der Waals surface area (Å²) in [7, 11) is 1.43. The lowest BCUT2D eigenvalue weighted by Gasteiger charge is -2.35. The summed E-state index contributed by atoms with van der Waals surface area (Å²) in [4.78, 5) is 13.2. The van der Waals surface area contributed by atoms with Gasteiger partial charge in [0.1, 0.15) is 0 Å². The number of alkyl halides is 3. The van der Waals surface area contributed by atoms with Crippen LogP contribution in [0.1, 0.15) is 44.9 Å². The summed E-state index contributed by atoms with van der Waals surface area (Å²) in [6.07, 6.45) is 2.19. The van der Waals surface area contributed by atoms with Crippen LogP contribution in [0.15, 0.2) is 0 Å². The van der Waals surface area contributed by atoms with Crippen molar-refractivity contribution in [2.45, 2.75) is 51.1 Å². The molecule has 1 rings (SSSR count). The maximum absolute atomic E-state index is 12.2. The van der Waals surface area contributed by atoms with Crippen LogP contribution in [0.3, 0.4) is 0 Å². The third-order valence-corrected chi connectivity index (χ3v) is 4.37. The normalized spacial score (nSPS) is 16.9. The number of nitrogens with one attached hydrogen (secondary N) is 1. The first-order valence-corrected chi connectivity index (χ1v) is 7.98. The fourth-order valence-electron chi connectivity index (χ4n) is 3.12. The highest BCUT2D eigenvalue weighted by Crippen LogP contribution is 2.38. The van der Waals surface area contributed by atoms with Crippen LogP contribution >= 0.6 is 24.8 Å². The van der Waals surface area contributed by atoms with Crippen LogP contribution in [0.5, 0.6) is 0 Å². The van der Waals surface area contributed by atoms with Crippen molar-refractivity contribution in [1.82, 2.24) is 10.2 Å². The Morgan fingerprint density at radius 1 is 1.21 bits per heavy atom. The lowest BCUT2D eigenvalue weighted by molar-refractivity contribution is -0.143.